The number of carbonyl (C=O) groups is 2. The van der Waals surface area contributed by atoms with Crippen molar-refractivity contribution in [3.05, 3.63) is 76.5 Å². The molecule has 0 aliphatic rings. The summed E-state index contributed by atoms with van der Waals surface area (Å²) < 4.78 is 4.88. The fraction of sp³-hybridized carbons (Fsp3) is 0.217. The molecule has 0 bridgehead atoms. The maximum Gasteiger partial charge on any atom is 0.328 e. The van der Waals surface area contributed by atoms with Crippen LogP contribution in [0.5, 0.6) is 0 Å². The van der Waals surface area contributed by atoms with E-state index in [-0.39, 0.29) is 17.2 Å². The summed E-state index contributed by atoms with van der Waals surface area (Å²) in [5, 5.41) is 4.28. The maximum absolute atomic E-state index is 12.5. The van der Waals surface area contributed by atoms with Crippen LogP contribution in [0.2, 0.25) is 0 Å². The molecule has 32 heavy (non-hydrogen) atoms. The van der Waals surface area contributed by atoms with E-state index in [1.165, 1.54) is 18.9 Å². The summed E-state index contributed by atoms with van der Waals surface area (Å²) in [5.74, 6) is 0.161. The highest BCUT2D eigenvalue weighted by molar-refractivity contribution is 7.99. The van der Waals surface area contributed by atoms with Gasteiger partial charge in [-0.2, -0.15) is 0 Å². The molecule has 4 rings (SSSR count). The molecule has 0 aliphatic heterocycles. The average molecular weight is 451 g/mol. The standard InChI is InChI=1S/C23H22N4O4S/c1-31-23(30)19(10-14-11-24-17-8-4-2-6-15(14)17)26-21(28)13-32-12-20-25-18-9-5-3-7-16(18)22(29)27-20/h2-9,11,19,24H,10,12-13H2,1H3,(H,26,28)(H,25,27,29). The number of aromatic amines is 2. The number of nitrogens with one attached hydrogen (secondary N) is 3. The van der Waals surface area contributed by atoms with E-state index >= 15 is 0 Å². The lowest BCUT2D eigenvalue weighted by Crippen LogP contribution is -2.43. The number of thioether (sulfide) groups is 1. The molecular weight excluding hydrogens is 428 g/mol. The van der Waals surface area contributed by atoms with Gasteiger partial charge in [-0.25, -0.2) is 9.78 Å². The van der Waals surface area contributed by atoms with Crippen LogP contribution in [0.25, 0.3) is 21.8 Å². The van der Waals surface area contributed by atoms with Gasteiger partial charge in [-0.1, -0.05) is 30.3 Å². The van der Waals surface area contributed by atoms with Gasteiger partial charge in [0.25, 0.3) is 5.56 Å². The Morgan fingerprint density at radius 1 is 1.12 bits per heavy atom. The number of H-pyrrole nitrogens is 2. The molecule has 2 heterocycles. The molecule has 3 N–H and O–H groups in total. The number of ether oxygens (including phenoxy) is 1. The number of methoxy groups -OCH3 is 1. The Bertz CT molecular complexity index is 1330. The van der Waals surface area contributed by atoms with E-state index < -0.39 is 12.0 Å². The molecule has 1 amide bonds. The third kappa shape index (κ3) is 4.83. The minimum atomic E-state index is -0.800. The molecule has 1 unspecified atom stereocenters. The summed E-state index contributed by atoms with van der Waals surface area (Å²) in [7, 11) is 1.30. The molecule has 2 aromatic heterocycles. The number of fused-ring (bicyclic) bond motifs is 2. The first-order valence-electron chi connectivity index (χ1n) is 10.0. The maximum atomic E-state index is 12.5. The normalized spacial score (nSPS) is 12.0. The molecule has 4 aromatic rings. The minimum Gasteiger partial charge on any atom is -0.467 e. The van der Waals surface area contributed by atoms with Crippen LogP contribution in [0.15, 0.2) is 59.5 Å². The molecule has 0 spiro atoms. The Kier molecular flexibility index (Phi) is 6.55. The second-order valence-electron chi connectivity index (χ2n) is 7.23. The van der Waals surface area contributed by atoms with Crippen molar-refractivity contribution in [1.82, 2.24) is 20.3 Å². The average Bonchev–Trinajstić information content (AvgIpc) is 3.21. The van der Waals surface area contributed by atoms with Gasteiger partial charge in [0.15, 0.2) is 0 Å². The van der Waals surface area contributed by atoms with Gasteiger partial charge in [-0.05, 0) is 23.8 Å². The lowest BCUT2D eigenvalue weighted by molar-refractivity contribution is -0.144. The van der Waals surface area contributed by atoms with E-state index in [4.69, 9.17) is 4.74 Å². The summed E-state index contributed by atoms with van der Waals surface area (Å²) in [6.45, 7) is 0. The molecule has 2 aromatic carbocycles. The van der Waals surface area contributed by atoms with Crippen molar-refractivity contribution in [2.24, 2.45) is 0 Å². The topological polar surface area (TPSA) is 117 Å². The van der Waals surface area contributed by atoms with Crippen LogP contribution in [0.3, 0.4) is 0 Å². The molecule has 0 saturated heterocycles. The second-order valence-corrected chi connectivity index (χ2v) is 8.22. The van der Waals surface area contributed by atoms with Crippen LogP contribution < -0.4 is 10.9 Å². The molecular formula is C23H22N4O4S. The van der Waals surface area contributed by atoms with Gasteiger partial charge in [0, 0.05) is 23.5 Å². The zero-order chi connectivity index (χ0) is 22.5. The Hall–Kier alpha value is -3.59. The van der Waals surface area contributed by atoms with E-state index in [0.717, 1.165) is 16.5 Å². The lowest BCUT2D eigenvalue weighted by atomic mass is 10.0. The van der Waals surface area contributed by atoms with Crippen molar-refractivity contribution in [3.8, 4) is 0 Å². The summed E-state index contributed by atoms with van der Waals surface area (Å²) in [6.07, 6.45) is 2.15. The number of rotatable bonds is 8. The van der Waals surface area contributed by atoms with Crippen LogP contribution in [-0.4, -0.2) is 45.7 Å². The molecule has 164 valence electrons. The van der Waals surface area contributed by atoms with Gasteiger partial charge in [-0.3, -0.25) is 9.59 Å². The van der Waals surface area contributed by atoms with Crippen molar-refractivity contribution in [2.45, 2.75) is 18.2 Å². The molecule has 0 aliphatic carbocycles. The summed E-state index contributed by atoms with van der Waals surface area (Å²) in [5.41, 5.74) is 2.28. The fourth-order valence-electron chi connectivity index (χ4n) is 3.54. The van der Waals surface area contributed by atoms with Crippen molar-refractivity contribution in [3.63, 3.8) is 0 Å². The van der Waals surface area contributed by atoms with Crippen molar-refractivity contribution in [1.29, 1.82) is 0 Å². The van der Waals surface area contributed by atoms with Gasteiger partial charge in [0.05, 0.1) is 29.5 Å². The van der Waals surface area contributed by atoms with E-state index in [1.54, 1.807) is 18.2 Å². The predicted octanol–water partition coefficient (Wildman–Crippen LogP) is 2.54. The third-order valence-corrected chi connectivity index (χ3v) is 6.00. The number of carbonyl (C=O) groups excluding carboxylic acids is 2. The zero-order valence-electron chi connectivity index (χ0n) is 17.4. The molecule has 0 fully saturated rings. The highest BCUT2D eigenvalue weighted by Crippen LogP contribution is 2.19. The first-order chi connectivity index (χ1) is 15.5. The van der Waals surface area contributed by atoms with Gasteiger partial charge < -0.3 is 20.0 Å². The van der Waals surface area contributed by atoms with Gasteiger partial charge in [-0.15, -0.1) is 11.8 Å². The number of amides is 1. The first-order valence-corrected chi connectivity index (χ1v) is 11.2. The van der Waals surface area contributed by atoms with E-state index in [0.29, 0.717) is 28.9 Å². The number of esters is 1. The Morgan fingerprint density at radius 2 is 1.88 bits per heavy atom. The van der Waals surface area contributed by atoms with Gasteiger partial charge in [0.1, 0.15) is 11.9 Å². The third-order valence-electron chi connectivity index (χ3n) is 5.05. The van der Waals surface area contributed by atoms with Crippen LogP contribution >= 0.6 is 11.8 Å². The lowest BCUT2D eigenvalue weighted by Gasteiger charge is -2.16. The largest absolute Gasteiger partial charge is 0.467 e. The second kappa shape index (κ2) is 9.69. The highest BCUT2D eigenvalue weighted by atomic mass is 32.2. The Balaban J connectivity index is 1.37. The Labute approximate surface area is 187 Å². The van der Waals surface area contributed by atoms with Crippen molar-refractivity contribution in [2.75, 3.05) is 12.9 Å². The predicted molar refractivity (Wildman–Crippen MR) is 124 cm³/mol. The quantitative estimate of drug-likeness (QED) is 0.355. The number of benzene rings is 2. The smallest absolute Gasteiger partial charge is 0.328 e. The first kappa shape index (κ1) is 21.6. The number of para-hydroxylation sites is 2. The van der Waals surface area contributed by atoms with Crippen LogP contribution in [0, 0.1) is 0 Å². The minimum absolute atomic E-state index is 0.109. The monoisotopic (exact) mass is 450 g/mol. The number of hydrogen-bond donors (Lipinski definition) is 3. The number of aromatic nitrogens is 3. The van der Waals surface area contributed by atoms with Gasteiger partial charge >= 0.3 is 5.97 Å². The molecule has 8 nitrogen and oxygen atoms in total. The molecule has 9 heteroatoms. The number of nitrogens with zero attached hydrogens (tertiary/aromatic N) is 1. The van der Waals surface area contributed by atoms with Crippen LogP contribution in [-0.2, 0) is 26.5 Å². The van der Waals surface area contributed by atoms with E-state index in [1.807, 2.05) is 36.5 Å². The molecule has 0 radical (unpaired) electrons. The zero-order valence-corrected chi connectivity index (χ0v) is 18.2. The van der Waals surface area contributed by atoms with Crippen molar-refractivity contribution >= 4 is 45.4 Å². The van der Waals surface area contributed by atoms with Crippen LogP contribution in [0.1, 0.15) is 11.4 Å². The summed E-state index contributed by atoms with van der Waals surface area (Å²) >= 11 is 1.30. The molecule has 0 saturated carbocycles. The number of hydrogen-bond acceptors (Lipinski definition) is 6. The highest BCUT2D eigenvalue weighted by Gasteiger charge is 2.23. The Morgan fingerprint density at radius 3 is 2.69 bits per heavy atom. The van der Waals surface area contributed by atoms with E-state index in [9.17, 15) is 14.4 Å². The molecule has 1 atom stereocenters. The van der Waals surface area contributed by atoms with Crippen LogP contribution in [0.4, 0.5) is 0 Å². The summed E-state index contributed by atoms with van der Waals surface area (Å²) in [6, 6.07) is 14.1. The summed E-state index contributed by atoms with van der Waals surface area (Å²) in [4.78, 5) is 47.3. The van der Waals surface area contributed by atoms with E-state index in [2.05, 4.69) is 20.3 Å². The van der Waals surface area contributed by atoms with Gasteiger partial charge in [0.2, 0.25) is 5.91 Å². The van der Waals surface area contributed by atoms with Crippen molar-refractivity contribution < 1.29 is 14.3 Å². The SMILES string of the molecule is COC(=O)C(Cc1c[nH]c2ccccc12)NC(=O)CSCc1nc2ccccc2c(=O)[nH]1. The fourth-order valence-corrected chi connectivity index (χ4v) is 4.24.